The van der Waals surface area contributed by atoms with Gasteiger partial charge in [0.1, 0.15) is 23.9 Å². The highest BCUT2D eigenvalue weighted by atomic mass is 16.7. The van der Waals surface area contributed by atoms with Crippen LogP contribution in [0.2, 0.25) is 0 Å². The third-order valence-corrected chi connectivity index (χ3v) is 12.3. The first-order valence-electron chi connectivity index (χ1n) is 19.9. The highest BCUT2D eigenvalue weighted by molar-refractivity contribution is 6.00. The van der Waals surface area contributed by atoms with E-state index in [2.05, 4.69) is 4.98 Å². The van der Waals surface area contributed by atoms with Gasteiger partial charge in [-0.1, -0.05) is 58.0 Å². The van der Waals surface area contributed by atoms with Crippen molar-refractivity contribution in [3.63, 3.8) is 0 Å². The van der Waals surface area contributed by atoms with Crippen LogP contribution in [0.5, 0.6) is 0 Å². The van der Waals surface area contributed by atoms with Crippen LogP contribution in [0.1, 0.15) is 80.2 Å². The summed E-state index contributed by atoms with van der Waals surface area (Å²) >= 11 is 0. The lowest BCUT2D eigenvalue weighted by atomic mass is 9.73. The first-order chi connectivity index (χ1) is 26.3. The number of pyridine rings is 1. The second-order valence-electron chi connectivity index (χ2n) is 16.8. The first kappa shape index (κ1) is 43.4. The van der Waals surface area contributed by atoms with Crippen LogP contribution in [0, 0.1) is 23.7 Å². The van der Waals surface area contributed by atoms with E-state index in [4.69, 9.17) is 23.7 Å². The van der Waals surface area contributed by atoms with Crippen molar-refractivity contribution >= 4 is 40.6 Å². The Bertz CT molecular complexity index is 1780. The number of amides is 1. The fraction of sp³-hybridized carbons (Fsp3) is 0.651. The maximum atomic E-state index is 14.6. The SMILES string of the molecule is CC[C@H]1OC(=O)[C@H](C)C(=O)[C@H](C)[C@@H](O[C@@H]2O[C@H](C)C[C@H](N(C)C)[C@H]2O)[C@](C)(OC/C=C/c2cnc3ccccc3c2)C[C@@H](C)C(=O)[C@H](C)[C@H]2N(C)C(=O)O[C@]12C. The monoisotopic (exact) mass is 779 g/mol. The Labute approximate surface area is 331 Å². The van der Waals surface area contributed by atoms with Gasteiger partial charge in [-0.25, -0.2) is 4.79 Å². The molecule has 308 valence electrons. The summed E-state index contributed by atoms with van der Waals surface area (Å²) in [7, 11) is 5.32. The van der Waals surface area contributed by atoms with Gasteiger partial charge in [0.2, 0.25) is 0 Å². The normalized spacial score (nSPS) is 37.8. The molecule has 3 saturated heterocycles. The largest absolute Gasteiger partial charge is 0.458 e. The molecular formula is C43H61N3O10. The number of hydrogen-bond donors (Lipinski definition) is 1. The van der Waals surface area contributed by atoms with Crippen molar-refractivity contribution < 1.29 is 48.0 Å². The number of likely N-dealkylation sites (N-methyl/N-ethyl adjacent to an activating group) is 2. The maximum absolute atomic E-state index is 14.6. The number of hydrogen-bond acceptors (Lipinski definition) is 12. The Morgan fingerprint density at radius 3 is 2.41 bits per heavy atom. The van der Waals surface area contributed by atoms with E-state index in [1.807, 2.05) is 68.4 Å². The number of aromatic nitrogens is 1. The Kier molecular flexibility index (Phi) is 13.5. The number of para-hydroxylation sites is 1. The van der Waals surface area contributed by atoms with Crippen molar-refractivity contribution in [1.82, 2.24) is 14.8 Å². The minimum atomic E-state index is -1.37. The third-order valence-electron chi connectivity index (χ3n) is 12.3. The van der Waals surface area contributed by atoms with Gasteiger partial charge in [0.15, 0.2) is 17.7 Å². The van der Waals surface area contributed by atoms with Gasteiger partial charge in [-0.2, -0.15) is 0 Å². The number of ether oxygens (including phenoxy) is 5. The molecule has 13 atom stereocenters. The standard InChI is InChI=1S/C43H61N3O10/c1-12-33-43(8)37(46(11)41(51)56-43)26(4)34(47)24(2)22-42(7,52-19-15-16-29-21-30-17-13-14-18-31(30)44-23-29)38(27(5)35(48)28(6)39(50)54-33)55-40-36(49)32(45(9)10)20-25(3)53-40/h13-18,21,23-28,32-33,36-38,40,49H,12,19-20,22H2,1-11H3/b16-15+/t24-,25-,26+,27+,28-,32+,33-,36-,37-,38-,40+,42-,43-/m1/s1. The highest BCUT2D eigenvalue weighted by Gasteiger charge is 2.59. The van der Waals surface area contributed by atoms with E-state index in [1.165, 1.54) is 11.8 Å². The smallest absolute Gasteiger partial charge is 0.410 e. The zero-order chi connectivity index (χ0) is 41.3. The van der Waals surface area contributed by atoms with Crippen molar-refractivity contribution in [3.05, 3.63) is 48.2 Å². The van der Waals surface area contributed by atoms with E-state index < -0.39 is 83.4 Å². The molecule has 3 aliphatic heterocycles. The van der Waals surface area contributed by atoms with Gasteiger partial charge in [-0.15, -0.1) is 0 Å². The van der Waals surface area contributed by atoms with Crippen LogP contribution in [0.15, 0.2) is 42.6 Å². The number of rotatable bonds is 8. The molecule has 5 rings (SSSR count). The number of Topliss-reactive ketones (excluding diaryl/α,β-unsaturated/α-hetero) is 2. The molecule has 1 aromatic heterocycles. The third kappa shape index (κ3) is 8.72. The van der Waals surface area contributed by atoms with Gasteiger partial charge in [0, 0.05) is 42.4 Å². The number of aliphatic hydroxyl groups excluding tert-OH is 1. The first-order valence-corrected chi connectivity index (χ1v) is 19.9. The highest BCUT2D eigenvalue weighted by Crippen LogP contribution is 2.42. The van der Waals surface area contributed by atoms with Gasteiger partial charge in [-0.05, 0) is 78.7 Å². The number of benzene rings is 1. The van der Waals surface area contributed by atoms with Crippen LogP contribution in [0.3, 0.4) is 0 Å². The molecule has 0 spiro atoms. The van der Waals surface area contributed by atoms with Gasteiger partial charge in [-0.3, -0.25) is 19.4 Å². The van der Waals surface area contributed by atoms with Gasteiger partial charge < -0.3 is 38.6 Å². The Morgan fingerprint density at radius 2 is 1.73 bits per heavy atom. The summed E-state index contributed by atoms with van der Waals surface area (Å²) in [5.74, 6) is -5.07. The van der Waals surface area contributed by atoms with Crippen molar-refractivity contribution in [3.8, 4) is 0 Å². The topological polar surface area (TPSA) is 154 Å². The Hall–Kier alpha value is -3.75. The fourth-order valence-electron chi connectivity index (χ4n) is 9.18. The molecule has 4 heterocycles. The number of nitrogens with zero attached hydrogens (tertiary/aromatic N) is 3. The van der Waals surface area contributed by atoms with Crippen LogP contribution < -0.4 is 0 Å². The van der Waals surface area contributed by atoms with E-state index in [0.717, 1.165) is 16.5 Å². The van der Waals surface area contributed by atoms with Crippen molar-refractivity contribution in [2.75, 3.05) is 27.7 Å². The second-order valence-corrected chi connectivity index (χ2v) is 16.8. The number of ketones is 2. The molecule has 0 bridgehead atoms. The summed E-state index contributed by atoms with van der Waals surface area (Å²) in [6.07, 6.45) is 1.23. The molecule has 1 amide bonds. The number of fused-ring (bicyclic) bond motifs is 2. The average molecular weight is 780 g/mol. The number of aliphatic hydroxyl groups is 1. The molecule has 2 aromatic rings. The van der Waals surface area contributed by atoms with Crippen LogP contribution in [-0.2, 0) is 38.1 Å². The summed E-state index contributed by atoms with van der Waals surface area (Å²) in [5.41, 5.74) is -0.992. The molecule has 1 N–H and O–H groups in total. The van der Waals surface area contributed by atoms with E-state index >= 15 is 0 Å². The summed E-state index contributed by atoms with van der Waals surface area (Å²) in [4.78, 5) is 63.9. The Balaban J connectivity index is 1.57. The molecule has 0 unspecified atom stereocenters. The van der Waals surface area contributed by atoms with Crippen molar-refractivity contribution in [1.29, 1.82) is 0 Å². The maximum Gasteiger partial charge on any atom is 0.410 e. The lowest BCUT2D eigenvalue weighted by Crippen LogP contribution is -2.60. The number of carbonyl (C=O) groups is 4. The molecule has 13 nitrogen and oxygen atoms in total. The molecule has 1 aromatic carbocycles. The summed E-state index contributed by atoms with van der Waals surface area (Å²) in [5, 5.41) is 12.6. The quantitative estimate of drug-likeness (QED) is 0.268. The van der Waals surface area contributed by atoms with Crippen LogP contribution in [-0.4, -0.2) is 125 Å². The molecule has 56 heavy (non-hydrogen) atoms. The summed E-state index contributed by atoms with van der Waals surface area (Å²) in [6, 6.07) is 8.76. The summed E-state index contributed by atoms with van der Waals surface area (Å²) in [6.45, 7) is 14.0. The fourth-order valence-corrected chi connectivity index (χ4v) is 9.18. The Morgan fingerprint density at radius 1 is 1.04 bits per heavy atom. The number of carbonyl (C=O) groups excluding carboxylic acids is 4. The van der Waals surface area contributed by atoms with Gasteiger partial charge in [0.05, 0.1) is 36.0 Å². The average Bonchev–Trinajstić information content (AvgIpc) is 3.40. The zero-order valence-electron chi connectivity index (χ0n) is 34.8. The predicted octanol–water partition coefficient (Wildman–Crippen LogP) is 5.45. The minimum Gasteiger partial charge on any atom is -0.458 e. The molecule has 13 heteroatoms. The molecule has 3 fully saturated rings. The molecular weight excluding hydrogens is 718 g/mol. The van der Waals surface area contributed by atoms with E-state index in [0.29, 0.717) is 6.42 Å². The lowest BCUT2D eigenvalue weighted by Gasteiger charge is -2.47. The molecule has 0 aliphatic carbocycles. The lowest BCUT2D eigenvalue weighted by molar-refractivity contribution is -0.296. The van der Waals surface area contributed by atoms with E-state index in [1.54, 1.807) is 54.8 Å². The van der Waals surface area contributed by atoms with Gasteiger partial charge in [0.25, 0.3) is 0 Å². The van der Waals surface area contributed by atoms with Crippen LogP contribution in [0.4, 0.5) is 4.79 Å². The molecule has 0 radical (unpaired) electrons. The zero-order valence-corrected chi connectivity index (χ0v) is 34.8. The van der Waals surface area contributed by atoms with Crippen LogP contribution in [0.25, 0.3) is 17.0 Å². The summed E-state index contributed by atoms with van der Waals surface area (Å²) < 4.78 is 31.6. The molecule has 0 saturated carbocycles. The van der Waals surface area contributed by atoms with Crippen molar-refractivity contribution in [2.45, 2.75) is 129 Å². The van der Waals surface area contributed by atoms with Crippen LogP contribution >= 0.6 is 0 Å². The van der Waals surface area contributed by atoms with Gasteiger partial charge >= 0.3 is 12.1 Å². The van der Waals surface area contributed by atoms with E-state index in [9.17, 15) is 24.3 Å². The second kappa shape index (κ2) is 17.4. The number of cyclic esters (lactones) is 1. The number of esters is 1. The van der Waals surface area contributed by atoms with Crippen molar-refractivity contribution in [2.24, 2.45) is 23.7 Å². The minimum absolute atomic E-state index is 0.0624. The predicted molar refractivity (Wildman–Crippen MR) is 210 cm³/mol. The molecule has 3 aliphatic rings. The van der Waals surface area contributed by atoms with E-state index in [-0.39, 0.29) is 37.4 Å².